The largest absolute Gasteiger partial charge is 0.328 e. The first kappa shape index (κ1) is 14.3. The summed E-state index contributed by atoms with van der Waals surface area (Å²) in [7, 11) is 0. The summed E-state index contributed by atoms with van der Waals surface area (Å²) in [6.45, 7) is 4.22. The number of rotatable bonds is 2. The molecule has 0 atom stereocenters. The van der Waals surface area contributed by atoms with E-state index in [0.717, 1.165) is 0 Å². The molecular weight excluding hydrogens is 338 g/mol. The van der Waals surface area contributed by atoms with Crippen molar-refractivity contribution in [3.05, 3.63) is 42.2 Å². The Morgan fingerprint density at radius 1 is 1.47 bits per heavy atom. The van der Waals surface area contributed by atoms with Crippen molar-refractivity contribution in [1.29, 1.82) is 0 Å². The fraction of sp³-hybridized carbons (Fsp3) is 0.333. The third kappa shape index (κ3) is 2.47. The van der Waals surface area contributed by atoms with E-state index in [9.17, 15) is 14.0 Å². The molecule has 0 bridgehead atoms. The van der Waals surface area contributed by atoms with Crippen molar-refractivity contribution in [2.45, 2.75) is 20.4 Å². The molecule has 0 fully saturated rings. The average molecular weight is 350 g/mol. The molecule has 7 heteroatoms. The van der Waals surface area contributed by atoms with Gasteiger partial charge in [0.1, 0.15) is 5.39 Å². The quantitative estimate of drug-likeness (QED) is 0.848. The maximum absolute atomic E-state index is 14.1. The maximum atomic E-state index is 14.1. The summed E-state index contributed by atoms with van der Waals surface area (Å²) >= 11 is 8.88. The van der Waals surface area contributed by atoms with Crippen molar-refractivity contribution >= 4 is 38.4 Å². The van der Waals surface area contributed by atoms with Gasteiger partial charge in [0.25, 0.3) is 5.56 Å². The molecule has 1 heterocycles. The molecule has 1 aromatic carbocycles. The van der Waals surface area contributed by atoms with Gasteiger partial charge in [0, 0.05) is 11.0 Å². The molecule has 1 aromatic heterocycles. The number of fused-ring (bicyclic) bond motifs is 1. The Morgan fingerprint density at radius 2 is 2.11 bits per heavy atom. The van der Waals surface area contributed by atoms with Crippen molar-refractivity contribution in [2.24, 2.45) is 5.92 Å². The van der Waals surface area contributed by atoms with Gasteiger partial charge in [0.2, 0.25) is 0 Å². The van der Waals surface area contributed by atoms with Gasteiger partial charge in [-0.1, -0.05) is 25.4 Å². The van der Waals surface area contributed by atoms with Crippen LogP contribution >= 0.6 is 27.5 Å². The lowest BCUT2D eigenvalue weighted by Crippen LogP contribution is -2.32. The van der Waals surface area contributed by atoms with E-state index >= 15 is 0 Å². The highest BCUT2D eigenvalue weighted by molar-refractivity contribution is 9.10. The van der Waals surface area contributed by atoms with Crippen LogP contribution in [0.15, 0.2) is 20.1 Å². The van der Waals surface area contributed by atoms with Crippen LogP contribution in [-0.2, 0) is 6.54 Å². The van der Waals surface area contributed by atoms with E-state index in [1.165, 1.54) is 10.6 Å². The Kier molecular flexibility index (Phi) is 3.82. The normalized spacial score (nSPS) is 11.5. The Hall–Kier alpha value is -1.14. The van der Waals surface area contributed by atoms with Crippen LogP contribution < -0.4 is 11.2 Å². The van der Waals surface area contributed by atoms with Crippen LogP contribution in [0.25, 0.3) is 10.9 Å². The predicted octanol–water partition coefficient (Wildman–Crippen LogP) is 2.90. The molecule has 0 saturated carbocycles. The molecule has 0 radical (unpaired) electrons. The zero-order valence-electron chi connectivity index (χ0n) is 10.3. The summed E-state index contributed by atoms with van der Waals surface area (Å²) in [5, 5.41) is -0.374. The topological polar surface area (TPSA) is 54.9 Å². The van der Waals surface area contributed by atoms with Crippen molar-refractivity contribution in [2.75, 3.05) is 0 Å². The van der Waals surface area contributed by atoms with E-state index in [0.29, 0.717) is 11.0 Å². The SMILES string of the molecule is CC(C)Cn1c(=O)[nH]c(=O)c2c(F)c(Cl)c(Br)cc21. The molecule has 0 aliphatic rings. The molecule has 4 nitrogen and oxygen atoms in total. The zero-order valence-corrected chi connectivity index (χ0v) is 12.6. The first-order chi connectivity index (χ1) is 8.82. The lowest BCUT2D eigenvalue weighted by molar-refractivity contribution is 0.514. The van der Waals surface area contributed by atoms with Gasteiger partial charge in [-0.25, -0.2) is 9.18 Å². The van der Waals surface area contributed by atoms with Gasteiger partial charge in [-0.2, -0.15) is 0 Å². The molecular formula is C12H11BrClFN2O2. The Morgan fingerprint density at radius 3 is 2.68 bits per heavy atom. The van der Waals surface area contributed by atoms with Crippen LogP contribution in [0.1, 0.15) is 13.8 Å². The first-order valence-corrected chi connectivity index (χ1v) is 6.80. The summed E-state index contributed by atoms with van der Waals surface area (Å²) < 4.78 is 15.7. The van der Waals surface area contributed by atoms with Gasteiger partial charge in [0.15, 0.2) is 5.82 Å². The monoisotopic (exact) mass is 348 g/mol. The minimum absolute atomic E-state index is 0.171. The first-order valence-electron chi connectivity index (χ1n) is 5.63. The van der Waals surface area contributed by atoms with Gasteiger partial charge in [0.05, 0.1) is 10.5 Å². The number of hydrogen-bond donors (Lipinski definition) is 1. The van der Waals surface area contributed by atoms with E-state index in [4.69, 9.17) is 11.6 Å². The summed E-state index contributed by atoms with van der Waals surface area (Å²) in [5.41, 5.74) is -1.09. The number of H-pyrrole nitrogens is 1. The second-order valence-electron chi connectivity index (χ2n) is 4.64. The number of aromatic amines is 1. The molecule has 0 amide bonds. The van der Waals surface area contributed by atoms with Crippen LogP contribution in [0.5, 0.6) is 0 Å². The number of hydrogen-bond acceptors (Lipinski definition) is 2. The summed E-state index contributed by atoms with van der Waals surface area (Å²) in [6.07, 6.45) is 0. The Labute approximate surface area is 121 Å². The second kappa shape index (κ2) is 5.09. The molecule has 1 N–H and O–H groups in total. The minimum atomic E-state index is -0.829. The second-order valence-corrected chi connectivity index (χ2v) is 5.88. The molecule has 0 spiro atoms. The molecule has 0 saturated heterocycles. The zero-order chi connectivity index (χ0) is 14.3. The van der Waals surface area contributed by atoms with E-state index in [1.54, 1.807) is 0 Å². The number of nitrogens with zero attached hydrogens (tertiary/aromatic N) is 1. The van der Waals surface area contributed by atoms with E-state index < -0.39 is 17.1 Å². The van der Waals surface area contributed by atoms with Gasteiger partial charge in [-0.3, -0.25) is 14.3 Å². The molecule has 2 aromatic rings. The van der Waals surface area contributed by atoms with Crippen molar-refractivity contribution in [3.8, 4) is 0 Å². The fourth-order valence-corrected chi connectivity index (χ4v) is 2.43. The molecule has 2 rings (SSSR count). The molecule has 0 aliphatic carbocycles. The van der Waals surface area contributed by atoms with Crippen molar-refractivity contribution < 1.29 is 4.39 Å². The van der Waals surface area contributed by atoms with Gasteiger partial charge in [-0.15, -0.1) is 0 Å². The predicted molar refractivity (Wildman–Crippen MR) is 76.3 cm³/mol. The summed E-state index contributed by atoms with van der Waals surface area (Å²) in [6, 6.07) is 1.49. The van der Waals surface area contributed by atoms with Crippen LogP contribution in [0.3, 0.4) is 0 Å². The van der Waals surface area contributed by atoms with Crippen LogP contribution in [0, 0.1) is 11.7 Å². The van der Waals surface area contributed by atoms with Crippen LogP contribution in [-0.4, -0.2) is 9.55 Å². The van der Waals surface area contributed by atoms with Crippen LogP contribution in [0.2, 0.25) is 5.02 Å². The molecule has 102 valence electrons. The average Bonchev–Trinajstić information content (AvgIpc) is 2.30. The highest BCUT2D eigenvalue weighted by Gasteiger charge is 2.17. The highest BCUT2D eigenvalue weighted by Crippen LogP contribution is 2.30. The third-order valence-corrected chi connectivity index (χ3v) is 3.90. The standard InChI is InChI=1S/C12H11BrClFN2O2/c1-5(2)4-17-7-3-6(13)9(14)10(15)8(7)11(18)16-12(17)19/h3,5H,4H2,1-2H3,(H,16,18,19). The third-order valence-electron chi connectivity index (χ3n) is 2.67. The maximum Gasteiger partial charge on any atom is 0.328 e. The number of nitrogens with one attached hydrogen (secondary N) is 1. The summed E-state index contributed by atoms with van der Waals surface area (Å²) in [4.78, 5) is 25.7. The molecule has 0 unspecified atom stereocenters. The van der Waals surface area contributed by atoms with Crippen molar-refractivity contribution in [3.63, 3.8) is 0 Å². The summed E-state index contributed by atoms with van der Waals surface area (Å²) in [5.74, 6) is -0.658. The highest BCUT2D eigenvalue weighted by atomic mass is 79.9. The van der Waals surface area contributed by atoms with Gasteiger partial charge >= 0.3 is 5.69 Å². The van der Waals surface area contributed by atoms with E-state index in [1.807, 2.05) is 13.8 Å². The number of aromatic nitrogens is 2. The van der Waals surface area contributed by atoms with Gasteiger partial charge in [-0.05, 0) is 27.9 Å². The Balaban J connectivity index is 2.98. The lowest BCUT2D eigenvalue weighted by atomic mass is 10.2. The van der Waals surface area contributed by atoms with Crippen LogP contribution in [0.4, 0.5) is 4.39 Å². The molecule has 0 aliphatic heterocycles. The van der Waals surface area contributed by atoms with E-state index in [2.05, 4.69) is 20.9 Å². The fourth-order valence-electron chi connectivity index (χ4n) is 1.89. The number of halogens is 3. The van der Waals surface area contributed by atoms with Gasteiger partial charge < -0.3 is 0 Å². The minimum Gasteiger partial charge on any atom is -0.293 e. The van der Waals surface area contributed by atoms with E-state index in [-0.39, 0.29) is 21.8 Å². The van der Waals surface area contributed by atoms with Crippen molar-refractivity contribution in [1.82, 2.24) is 9.55 Å². The number of benzene rings is 1. The Bertz CT molecular complexity index is 767. The molecule has 19 heavy (non-hydrogen) atoms. The lowest BCUT2D eigenvalue weighted by Gasteiger charge is -2.13. The smallest absolute Gasteiger partial charge is 0.293 e.